The lowest BCUT2D eigenvalue weighted by Crippen LogP contribution is -2.10. The van der Waals surface area contributed by atoms with Crippen molar-refractivity contribution >= 4 is 65.4 Å². The molecule has 6 aromatic carbocycles. The van der Waals surface area contributed by atoms with Crippen LogP contribution in [0.2, 0.25) is 0 Å². The molecular weight excluding hydrogens is 735 g/mol. The lowest BCUT2D eigenvalue weighted by Gasteiger charge is -2.19. The molecule has 9 rings (SSSR count). The Morgan fingerprint density at radius 1 is 0.350 bits per heavy atom. The zero-order valence-corrected chi connectivity index (χ0v) is 38.4. The highest BCUT2D eigenvalue weighted by molar-refractivity contribution is 6.10. The Morgan fingerprint density at radius 2 is 0.633 bits per heavy atom. The van der Waals surface area contributed by atoms with Crippen LogP contribution in [-0.2, 0) is 10.8 Å². The molecule has 0 saturated carbocycles. The zero-order valence-electron chi connectivity index (χ0n) is 38.4. The highest BCUT2D eigenvalue weighted by Crippen LogP contribution is 2.39. The maximum Gasteiger partial charge on any atom is 0.119 e. The first kappa shape index (κ1) is 42.4. The van der Waals surface area contributed by atoms with E-state index in [9.17, 15) is 0 Å². The highest BCUT2D eigenvalue weighted by atomic mass is 16.5. The third-order valence-electron chi connectivity index (χ3n) is 11.9. The molecule has 0 spiro atoms. The van der Waals surface area contributed by atoms with Crippen molar-refractivity contribution in [1.29, 1.82) is 0 Å². The van der Waals surface area contributed by atoms with Gasteiger partial charge in [-0.3, -0.25) is 0 Å². The van der Waals surface area contributed by atoms with Crippen molar-refractivity contribution < 1.29 is 9.47 Å². The predicted octanol–water partition coefficient (Wildman–Crippen LogP) is 15.7. The summed E-state index contributed by atoms with van der Waals surface area (Å²) in [6.45, 7) is 27.1. The quantitative estimate of drug-likeness (QED) is 0.174. The molecule has 60 heavy (non-hydrogen) atoms. The Labute approximate surface area is 357 Å². The van der Waals surface area contributed by atoms with E-state index in [1.165, 1.54) is 76.5 Å². The third kappa shape index (κ3) is 7.87. The standard InChI is InChI=1S/C23H31N.C17H19NO2.C15H15N/c1-15(2)24-20-11-9-16(22(3,4)5)13-18(20)19-14-17(23(6,7)8)10-12-21(19)24;1-11(2)18-16-7-5-12(19-3)9-14(16)15-10-13(20-4)6-8-17(15)18;1-11(2)16-14-9-5-3-7-12(14)13-8-4-6-10-15(13)16/h9-15H,1-8H3;5-11H,1-4H3;3-11H,1-2H3. The van der Waals surface area contributed by atoms with E-state index >= 15 is 0 Å². The Morgan fingerprint density at radius 3 is 0.933 bits per heavy atom. The Kier molecular flexibility index (Phi) is 11.6. The van der Waals surface area contributed by atoms with Crippen molar-refractivity contribution in [2.75, 3.05) is 14.2 Å². The number of ether oxygens (including phenoxy) is 2. The number of aromatic nitrogens is 3. The van der Waals surface area contributed by atoms with Gasteiger partial charge in [0, 0.05) is 83.5 Å². The van der Waals surface area contributed by atoms with Gasteiger partial charge < -0.3 is 23.2 Å². The number of rotatable bonds is 5. The minimum Gasteiger partial charge on any atom is -0.497 e. The summed E-state index contributed by atoms with van der Waals surface area (Å²) >= 11 is 0. The molecule has 0 fully saturated rings. The van der Waals surface area contributed by atoms with Gasteiger partial charge in [0.2, 0.25) is 0 Å². The van der Waals surface area contributed by atoms with E-state index in [0.717, 1.165) is 11.5 Å². The molecule has 0 aliphatic rings. The van der Waals surface area contributed by atoms with Crippen LogP contribution in [0.1, 0.15) is 112 Å². The second-order valence-corrected chi connectivity index (χ2v) is 19.2. The van der Waals surface area contributed by atoms with Crippen LogP contribution in [0.3, 0.4) is 0 Å². The minimum atomic E-state index is 0.169. The molecule has 0 radical (unpaired) electrons. The van der Waals surface area contributed by atoms with Gasteiger partial charge in [-0.15, -0.1) is 0 Å². The van der Waals surface area contributed by atoms with Crippen molar-refractivity contribution in [3.63, 3.8) is 0 Å². The molecule has 0 atom stereocenters. The molecule has 0 saturated heterocycles. The largest absolute Gasteiger partial charge is 0.497 e. The van der Waals surface area contributed by atoms with Gasteiger partial charge in [-0.25, -0.2) is 0 Å². The SMILES string of the molecule is CC(C)n1c2ccc(C(C)(C)C)cc2c2cc(C(C)(C)C)ccc21.CC(C)n1c2ccccc2c2ccccc21.COc1ccc2c(c1)c1cc(OC)ccc1n2C(C)C. The summed E-state index contributed by atoms with van der Waals surface area (Å²) in [5.74, 6) is 1.76. The lowest BCUT2D eigenvalue weighted by molar-refractivity contribution is 0.415. The second kappa shape index (κ2) is 16.4. The molecule has 0 bridgehead atoms. The first-order chi connectivity index (χ1) is 28.4. The van der Waals surface area contributed by atoms with Crippen molar-refractivity contribution in [1.82, 2.24) is 13.7 Å². The van der Waals surface area contributed by atoms with Gasteiger partial charge in [0.15, 0.2) is 0 Å². The highest BCUT2D eigenvalue weighted by Gasteiger charge is 2.21. The van der Waals surface area contributed by atoms with Crippen molar-refractivity contribution in [3.05, 3.63) is 132 Å². The minimum absolute atomic E-state index is 0.169. The van der Waals surface area contributed by atoms with Gasteiger partial charge in [0.1, 0.15) is 11.5 Å². The average molecular weight is 800 g/mol. The van der Waals surface area contributed by atoms with Crippen molar-refractivity contribution in [2.24, 2.45) is 0 Å². The van der Waals surface area contributed by atoms with E-state index in [1.807, 2.05) is 12.1 Å². The molecule has 5 nitrogen and oxygen atoms in total. The van der Waals surface area contributed by atoms with Gasteiger partial charge in [0.05, 0.1) is 14.2 Å². The van der Waals surface area contributed by atoms with E-state index in [1.54, 1.807) is 14.2 Å². The van der Waals surface area contributed by atoms with Crippen LogP contribution >= 0.6 is 0 Å². The van der Waals surface area contributed by atoms with Gasteiger partial charge in [-0.1, -0.05) is 90.1 Å². The fourth-order valence-electron chi connectivity index (χ4n) is 8.87. The zero-order chi connectivity index (χ0) is 43.3. The second-order valence-electron chi connectivity index (χ2n) is 19.2. The molecule has 0 aliphatic carbocycles. The first-order valence-electron chi connectivity index (χ1n) is 21.7. The Bertz CT molecular complexity index is 2770. The number of nitrogens with zero attached hydrogens (tertiary/aromatic N) is 3. The van der Waals surface area contributed by atoms with Crippen LogP contribution in [0.25, 0.3) is 65.4 Å². The van der Waals surface area contributed by atoms with Crippen molar-refractivity contribution in [2.45, 2.75) is 112 Å². The fraction of sp³-hybridized carbons (Fsp3) is 0.345. The summed E-state index contributed by atoms with van der Waals surface area (Å²) in [6, 6.07) is 45.1. The van der Waals surface area contributed by atoms with Crippen molar-refractivity contribution in [3.8, 4) is 11.5 Å². The molecule has 0 N–H and O–H groups in total. The van der Waals surface area contributed by atoms with E-state index in [-0.39, 0.29) is 10.8 Å². The van der Waals surface area contributed by atoms with Crippen LogP contribution in [-0.4, -0.2) is 27.9 Å². The van der Waals surface area contributed by atoms with Crippen LogP contribution in [0.4, 0.5) is 0 Å². The number of hydrogen-bond donors (Lipinski definition) is 0. The number of hydrogen-bond acceptors (Lipinski definition) is 2. The number of fused-ring (bicyclic) bond motifs is 9. The number of methoxy groups -OCH3 is 2. The summed E-state index contributed by atoms with van der Waals surface area (Å²) in [4.78, 5) is 0. The molecule has 3 heterocycles. The summed E-state index contributed by atoms with van der Waals surface area (Å²) < 4.78 is 17.9. The molecule has 3 aromatic heterocycles. The molecule has 5 heteroatoms. The number of benzene rings is 6. The molecular formula is C55H65N3O2. The summed E-state index contributed by atoms with van der Waals surface area (Å²) in [5, 5.41) is 7.88. The van der Waals surface area contributed by atoms with Gasteiger partial charge in [0.25, 0.3) is 0 Å². The maximum atomic E-state index is 5.36. The molecule has 0 unspecified atom stereocenters. The summed E-state index contributed by atoms with van der Waals surface area (Å²) in [5.41, 5.74) is 11.0. The topological polar surface area (TPSA) is 33.2 Å². The Balaban J connectivity index is 0.000000139. The molecule has 312 valence electrons. The van der Waals surface area contributed by atoms with E-state index < -0.39 is 0 Å². The molecule has 0 amide bonds. The van der Waals surface area contributed by atoms with Crippen LogP contribution < -0.4 is 9.47 Å². The third-order valence-corrected chi connectivity index (χ3v) is 11.9. The van der Waals surface area contributed by atoms with Crippen LogP contribution in [0.5, 0.6) is 11.5 Å². The summed E-state index contributed by atoms with van der Waals surface area (Å²) in [6.07, 6.45) is 0. The molecule has 0 aliphatic heterocycles. The monoisotopic (exact) mass is 800 g/mol. The smallest absolute Gasteiger partial charge is 0.119 e. The maximum absolute atomic E-state index is 5.36. The van der Waals surface area contributed by atoms with Gasteiger partial charge >= 0.3 is 0 Å². The number of para-hydroxylation sites is 2. The van der Waals surface area contributed by atoms with Gasteiger partial charge in [-0.2, -0.15) is 0 Å². The van der Waals surface area contributed by atoms with E-state index in [0.29, 0.717) is 18.1 Å². The fourth-order valence-corrected chi connectivity index (χ4v) is 8.87. The average Bonchev–Trinajstić information content (AvgIpc) is 3.85. The first-order valence-corrected chi connectivity index (χ1v) is 21.7. The van der Waals surface area contributed by atoms with E-state index in [4.69, 9.17) is 9.47 Å². The van der Waals surface area contributed by atoms with Crippen LogP contribution in [0, 0.1) is 0 Å². The Hall–Kier alpha value is -5.68. The lowest BCUT2D eigenvalue weighted by atomic mass is 9.85. The normalized spacial score (nSPS) is 12.3. The van der Waals surface area contributed by atoms with Gasteiger partial charge in [-0.05, 0) is 136 Å². The van der Waals surface area contributed by atoms with E-state index in [2.05, 4.69) is 206 Å². The molecule has 9 aromatic rings. The summed E-state index contributed by atoms with van der Waals surface area (Å²) in [7, 11) is 3.40. The predicted molar refractivity (Wildman–Crippen MR) is 260 cm³/mol. The van der Waals surface area contributed by atoms with Crippen LogP contribution in [0.15, 0.2) is 121 Å².